The Morgan fingerprint density at radius 3 is 2.84 bits per heavy atom. The van der Waals surface area contributed by atoms with E-state index in [4.69, 9.17) is 5.73 Å². The summed E-state index contributed by atoms with van der Waals surface area (Å²) in [6.45, 7) is 0.171. The first-order valence-electron chi connectivity index (χ1n) is 6.01. The van der Waals surface area contributed by atoms with Crippen molar-refractivity contribution in [1.82, 2.24) is 10.2 Å². The standard InChI is InChI=1S/C13H14N4O2/c1-17-10-3-2-7(4-8(10)5-11(17)18)12-9(6-14)13(19)16-15-12/h2-4H,5-6,14H2,1H3,(H2,15,16,19). The normalized spacial score (nSPS) is 14.0. The van der Waals surface area contributed by atoms with Crippen LogP contribution in [0.1, 0.15) is 11.1 Å². The Morgan fingerprint density at radius 2 is 2.11 bits per heavy atom. The summed E-state index contributed by atoms with van der Waals surface area (Å²) in [7, 11) is 1.76. The molecular weight excluding hydrogens is 244 g/mol. The van der Waals surface area contributed by atoms with Gasteiger partial charge in [0.25, 0.3) is 5.56 Å². The fourth-order valence-electron chi connectivity index (χ4n) is 2.45. The maximum Gasteiger partial charge on any atom is 0.269 e. The molecule has 2 aromatic rings. The molecule has 0 saturated carbocycles. The van der Waals surface area contributed by atoms with E-state index in [0.717, 1.165) is 16.8 Å². The number of carbonyl (C=O) groups excluding carboxylic acids is 1. The van der Waals surface area contributed by atoms with Gasteiger partial charge in [-0.2, -0.15) is 0 Å². The Hall–Kier alpha value is -2.34. The number of fused-ring (bicyclic) bond motifs is 1. The first kappa shape index (κ1) is 11.7. The van der Waals surface area contributed by atoms with Gasteiger partial charge < -0.3 is 10.6 Å². The van der Waals surface area contributed by atoms with Gasteiger partial charge in [-0.25, -0.2) is 0 Å². The maximum absolute atomic E-state index is 11.6. The number of likely N-dealkylation sites (N-methyl/N-ethyl adjacent to an activating group) is 1. The second kappa shape index (κ2) is 4.10. The van der Waals surface area contributed by atoms with Gasteiger partial charge >= 0.3 is 0 Å². The zero-order chi connectivity index (χ0) is 13.6. The molecule has 6 nitrogen and oxygen atoms in total. The minimum absolute atomic E-state index is 0.0776. The van der Waals surface area contributed by atoms with Crippen molar-refractivity contribution >= 4 is 11.6 Å². The second-order valence-electron chi connectivity index (χ2n) is 4.61. The van der Waals surface area contributed by atoms with Crippen LogP contribution in [0, 0.1) is 0 Å². The second-order valence-corrected chi connectivity index (χ2v) is 4.61. The molecular formula is C13H14N4O2. The number of amides is 1. The van der Waals surface area contributed by atoms with Crippen LogP contribution in [-0.4, -0.2) is 23.2 Å². The predicted molar refractivity (Wildman–Crippen MR) is 71.9 cm³/mol. The highest BCUT2D eigenvalue weighted by Crippen LogP contribution is 2.31. The van der Waals surface area contributed by atoms with E-state index in [9.17, 15) is 9.59 Å². The lowest BCUT2D eigenvalue weighted by molar-refractivity contribution is -0.117. The Balaban J connectivity index is 2.11. The lowest BCUT2D eigenvalue weighted by atomic mass is 10.0. The fourth-order valence-corrected chi connectivity index (χ4v) is 2.45. The Morgan fingerprint density at radius 1 is 1.32 bits per heavy atom. The average Bonchev–Trinajstić information content (AvgIpc) is 2.90. The van der Waals surface area contributed by atoms with E-state index in [1.165, 1.54) is 0 Å². The van der Waals surface area contributed by atoms with Gasteiger partial charge in [-0.3, -0.25) is 19.8 Å². The third kappa shape index (κ3) is 1.68. The van der Waals surface area contributed by atoms with Crippen LogP contribution in [-0.2, 0) is 17.8 Å². The highest BCUT2D eigenvalue weighted by Gasteiger charge is 2.24. The molecule has 4 N–H and O–H groups in total. The van der Waals surface area contributed by atoms with E-state index in [-0.39, 0.29) is 18.0 Å². The number of anilines is 1. The molecule has 0 aliphatic carbocycles. The lowest BCUT2D eigenvalue weighted by Gasteiger charge is -2.10. The highest BCUT2D eigenvalue weighted by molar-refractivity contribution is 6.01. The number of hydrogen-bond acceptors (Lipinski definition) is 3. The van der Waals surface area contributed by atoms with Crippen LogP contribution < -0.4 is 16.2 Å². The molecule has 0 bridgehead atoms. The molecule has 1 amide bonds. The van der Waals surface area contributed by atoms with Crippen molar-refractivity contribution in [3.63, 3.8) is 0 Å². The molecule has 0 fully saturated rings. The molecule has 0 unspecified atom stereocenters. The van der Waals surface area contributed by atoms with Crippen LogP contribution >= 0.6 is 0 Å². The molecule has 6 heteroatoms. The van der Waals surface area contributed by atoms with Gasteiger partial charge in [-0.05, 0) is 17.7 Å². The van der Waals surface area contributed by atoms with E-state index in [1.54, 1.807) is 11.9 Å². The van der Waals surface area contributed by atoms with Crippen molar-refractivity contribution < 1.29 is 4.79 Å². The smallest absolute Gasteiger partial charge is 0.269 e. The van der Waals surface area contributed by atoms with Crippen LogP contribution in [0.3, 0.4) is 0 Å². The van der Waals surface area contributed by atoms with Gasteiger partial charge in [-0.1, -0.05) is 6.07 Å². The van der Waals surface area contributed by atoms with Crippen molar-refractivity contribution in [2.45, 2.75) is 13.0 Å². The molecule has 1 aromatic carbocycles. The first-order valence-corrected chi connectivity index (χ1v) is 6.01. The number of aromatic amines is 2. The quantitative estimate of drug-likeness (QED) is 0.725. The topological polar surface area (TPSA) is 95.0 Å². The van der Waals surface area contributed by atoms with E-state index < -0.39 is 0 Å². The van der Waals surface area contributed by atoms with Crippen LogP contribution in [0.2, 0.25) is 0 Å². The molecule has 0 spiro atoms. The molecule has 19 heavy (non-hydrogen) atoms. The summed E-state index contributed by atoms with van der Waals surface area (Å²) >= 11 is 0. The lowest BCUT2D eigenvalue weighted by Crippen LogP contribution is -2.20. The number of nitrogens with one attached hydrogen (secondary N) is 2. The van der Waals surface area contributed by atoms with Crippen LogP contribution in [0.25, 0.3) is 11.3 Å². The number of rotatable bonds is 2. The van der Waals surface area contributed by atoms with Crippen molar-refractivity contribution in [2.75, 3.05) is 11.9 Å². The minimum atomic E-state index is -0.203. The van der Waals surface area contributed by atoms with E-state index >= 15 is 0 Å². The van der Waals surface area contributed by atoms with Gasteiger partial charge in [-0.15, -0.1) is 0 Å². The molecule has 3 rings (SSSR count). The molecule has 1 aliphatic heterocycles. The fraction of sp³-hybridized carbons (Fsp3) is 0.231. The van der Waals surface area contributed by atoms with Gasteiger partial charge in [0.05, 0.1) is 17.7 Å². The number of aromatic nitrogens is 2. The molecule has 1 aliphatic rings. The summed E-state index contributed by atoms with van der Waals surface area (Å²) in [4.78, 5) is 24.8. The summed E-state index contributed by atoms with van der Waals surface area (Å²) < 4.78 is 0. The zero-order valence-corrected chi connectivity index (χ0v) is 10.5. The molecule has 2 heterocycles. The summed E-state index contributed by atoms with van der Waals surface area (Å²) in [5.41, 5.74) is 9.35. The van der Waals surface area contributed by atoms with E-state index in [2.05, 4.69) is 10.2 Å². The summed E-state index contributed by atoms with van der Waals surface area (Å²) in [5.74, 6) is 0.0776. The van der Waals surface area contributed by atoms with Gasteiger partial charge in [0.2, 0.25) is 5.91 Å². The Bertz CT molecular complexity index is 714. The van der Waals surface area contributed by atoms with Crippen molar-refractivity contribution in [3.05, 3.63) is 39.7 Å². The average molecular weight is 258 g/mol. The van der Waals surface area contributed by atoms with Crippen molar-refractivity contribution in [1.29, 1.82) is 0 Å². The van der Waals surface area contributed by atoms with Crippen LogP contribution in [0.15, 0.2) is 23.0 Å². The number of benzene rings is 1. The van der Waals surface area contributed by atoms with Crippen molar-refractivity contribution in [3.8, 4) is 11.3 Å². The minimum Gasteiger partial charge on any atom is -0.326 e. The van der Waals surface area contributed by atoms with Crippen LogP contribution in [0.4, 0.5) is 5.69 Å². The number of hydrogen-bond donors (Lipinski definition) is 3. The molecule has 0 radical (unpaired) electrons. The Labute approximate surface area is 109 Å². The van der Waals surface area contributed by atoms with E-state index in [1.807, 2.05) is 18.2 Å². The summed E-state index contributed by atoms with van der Waals surface area (Å²) in [5, 5.41) is 5.37. The monoisotopic (exact) mass is 258 g/mol. The molecule has 1 aromatic heterocycles. The molecule has 0 saturated heterocycles. The first-order chi connectivity index (χ1) is 9.11. The number of H-pyrrole nitrogens is 2. The summed E-state index contributed by atoms with van der Waals surface area (Å²) in [6.07, 6.45) is 0.395. The number of nitrogens with zero attached hydrogens (tertiary/aromatic N) is 1. The molecule has 98 valence electrons. The third-order valence-corrected chi connectivity index (χ3v) is 3.53. The highest BCUT2D eigenvalue weighted by atomic mass is 16.2. The maximum atomic E-state index is 11.6. The van der Waals surface area contributed by atoms with E-state index in [0.29, 0.717) is 17.7 Å². The van der Waals surface area contributed by atoms with Gasteiger partial charge in [0.15, 0.2) is 0 Å². The SMILES string of the molecule is CN1C(=O)Cc2cc(-c3[nH][nH]c(=O)c3CN)ccc21. The van der Waals surface area contributed by atoms with Crippen LogP contribution in [0.5, 0.6) is 0 Å². The summed E-state index contributed by atoms with van der Waals surface area (Å²) in [6, 6.07) is 5.70. The zero-order valence-electron chi connectivity index (χ0n) is 10.5. The third-order valence-electron chi connectivity index (χ3n) is 3.53. The largest absolute Gasteiger partial charge is 0.326 e. The van der Waals surface area contributed by atoms with Crippen molar-refractivity contribution in [2.24, 2.45) is 5.73 Å². The Kier molecular flexibility index (Phi) is 2.53. The van der Waals surface area contributed by atoms with Gasteiger partial charge in [0.1, 0.15) is 0 Å². The number of carbonyl (C=O) groups is 1. The predicted octanol–water partition coefficient (Wildman–Crippen LogP) is 0.348. The molecule has 0 atom stereocenters. The van der Waals surface area contributed by atoms with Gasteiger partial charge in [0, 0.05) is 24.8 Å². The number of nitrogens with two attached hydrogens (primary N) is 1.